The molecule has 0 N–H and O–H groups in total. The molecule has 0 aliphatic rings. The number of ketones is 1. The molecule has 0 bridgehead atoms. The van der Waals surface area contributed by atoms with Gasteiger partial charge < -0.3 is 4.74 Å². The van der Waals surface area contributed by atoms with E-state index >= 15 is 0 Å². The molecular weight excluding hydrogens is 252 g/mol. The normalized spacial score (nSPS) is 11.6. The first-order chi connectivity index (χ1) is 8.38. The molecule has 0 amide bonds. The number of benzene rings is 1. The number of Topliss-reactive ketones (excluding diaryl/α,β-unsaturated/α-hetero) is 1. The van der Waals surface area contributed by atoms with Crippen molar-refractivity contribution in [3.63, 3.8) is 0 Å². The van der Waals surface area contributed by atoms with Crippen LogP contribution in [0.15, 0.2) is 24.3 Å². The van der Waals surface area contributed by atoms with E-state index in [-0.39, 0.29) is 25.2 Å². The van der Waals surface area contributed by atoms with Gasteiger partial charge in [-0.1, -0.05) is 12.1 Å². The Balaban J connectivity index is 2.26. The molecule has 1 aromatic rings. The third kappa shape index (κ3) is 5.77. The van der Waals surface area contributed by atoms with E-state index in [1.165, 1.54) is 18.2 Å². The number of hydrogen-bond donors (Lipinski definition) is 0. The highest BCUT2D eigenvalue weighted by molar-refractivity contribution is 5.97. The van der Waals surface area contributed by atoms with Crippen LogP contribution in [0.5, 0.6) is 0 Å². The van der Waals surface area contributed by atoms with E-state index in [2.05, 4.69) is 0 Å². The van der Waals surface area contributed by atoms with Gasteiger partial charge in [-0.2, -0.15) is 13.2 Å². The van der Waals surface area contributed by atoms with E-state index in [1.807, 2.05) is 0 Å². The van der Waals surface area contributed by atoms with Gasteiger partial charge in [-0.3, -0.25) is 4.79 Å². The first kappa shape index (κ1) is 14.6. The number of ether oxygens (including phenoxy) is 1. The smallest absolute Gasteiger partial charge is 0.373 e. The third-order valence-corrected chi connectivity index (χ3v) is 2.13. The number of alkyl halides is 3. The maximum atomic E-state index is 12.8. The standard InChI is InChI=1S/C12H12F4O2/c13-10-4-1-3-9(7-10)11(17)8-18-6-2-5-12(14,15)16/h1,3-4,7H,2,5-6,8H2. The van der Waals surface area contributed by atoms with E-state index in [9.17, 15) is 22.4 Å². The van der Waals surface area contributed by atoms with Crippen molar-refractivity contribution in [1.82, 2.24) is 0 Å². The van der Waals surface area contributed by atoms with Crippen molar-refractivity contribution >= 4 is 5.78 Å². The highest BCUT2D eigenvalue weighted by Crippen LogP contribution is 2.21. The summed E-state index contributed by atoms with van der Waals surface area (Å²) < 4.78 is 53.0. The van der Waals surface area contributed by atoms with Gasteiger partial charge in [0.25, 0.3) is 0 Å². The van der Waals surface area contributed by atoms with Gasteiger partial charge in [0.2, 0.25) is 0 Å². The molecule has 0 aliphatic carbocycles. The molecule has 0 saturated carbocycles. The van der Waals surface area contributed by atoms with Gasteiger partial charge in [0.1, 0.15) is 12.4 Å². The second-order valence-corrected chi connectivity index (χ2v) is 3.70. The summed E-state index contributed by atoms with van der Waals surface area (Å²) in [5.41, 5.74) is 0.144. The average Bonchev–Trinajstić information content (AvgIpc) is 2.26. The molecule has 0 aliphatic heterocycles. The van der Waals surface area contributed by atoms with E-state index < -0.39 is 24.2 Å². The van der Waals surface area contributed by atoms with Crippen LogP contribution in [0.25, 0.3) is 0 Å². The Morgan fingerprint density at radius 3 is 2.61 bits per heavy atom. The van der Waals surface area contributed by atoms with Crippen molar-refractivity contribution in [3.8, 4) is 0 Å². The summed E-state index contributed by atoms with van der Waals surface area (Å²) in [7, 11) is 0. The molecule has 0 aromatic heterocycles. The topological polar surface area (TPSA) is 26.3 Å². The Morgan fingerprint density at radius 1 is 1.28 bits per heavy atom. The zero-order valence-electron chi connectivity index (χ0n) is 9.47. The van der Waals surface area contributed by atoms with E-state index in [0.29, 0.717) is 0 Å². The lowest BCUT2D eigenvalue weighted by molar-refractivity contribution is -0.137. The van der Waals surface area contributed by atoms with Gasteiger partial charge >= 0.3 is 6.18 Å². The van der Waals surface area contributed by atoms with Crippen molar-refractivity contribution in [1.29, 1.82) is 0 Å². The lowest BCUT2D eigenvalue weighted by Gasteiger charge is -2.06. The van der Waals surface area contributed by atoms with Crippen LogP contribution in [-0.4, -0.2) is 25.2 Å². The molecule has 0 unspecified atom stereocenters. The molecule has 18 heavy (non-hydrogen) atoms. The Bertz CT molecular complexity index is 401. The minimum Gasteiger partial charge on any atom is -0.373 e. The summed E-state index contributed by atoms with van der Waals surface area (Å²) in [6, 6.07) is 5.05. The van der Waals surface area contributed by atoms with Gasteiger partial charge in [-0.15, -0.1) is 0 Å². The van der Waals surface area contributed by atoms with Gasteiger partial charge in [0, 0.05) is 18.6 Å². The summed E-state index contributed by atoms with van der Waals surface area (Å²) >= 11 is 0. The van der Waals surface area contributed by atoms with E-state index in [0.717, 1.165) is 6.07 Å². The quantitative estimate of drug-likeness (QED) is 0.447. The minimum absolute atomic E-state index is 0.144. The van der Waals surface area contributed by atoms with Crippen LogP contribution in [-0.2, 0) is 4.74 Å². The molecule has 0 spiro atoms. The van der Waals surface area contributed by atoms with Gasteiger partial charge in [-0.05, 0) is 18.6 Å². The molecule has 100 valence electrons. The maximum Gasteiger partial charge on any atom is 0.389 e. The molecule has 0 saturated heterocycles. The van der Waals surface area contributed by atoms with E-state index in [4.69, 9.17) is 4.74 Å². The van der Waals surface area contributed by atoms with Crippen LogP contribution in [0.3, 0.4) is 0 Å². The number of rotatable bonds is 6. The second kappa shape index (κ2) is 6.49. The zero-order valence-corrected chi connectivity index (χ0v) is 9.47. The fourth-order valence-electron chi connectivity index (χ4n) is 1.28. The second-order valence-electron chi connectivity index (χ2n) is 3.70. The first-order valence-corrected chi connectivity index (χ1v) is 5.32. The number of carbonyl (C=O) groups excluding carboxylic acids is 1. The van der Waals surface area contributed by atoms with Gasteiger partial charge in [0.05, 0.1) is 0 Å². The number of halogens is 4. The van der Waals surface area contributed by atoms with Crippen LogP contribution < -0.4 is 0 Å². The maximum absolute atomic E-state index is 12.8. The summed E-state index contributed by atoms with van der Waals surface area (Å²) in [6.45, 7) is -0.498. The summed E-state index contributed by atoms with van der Waals surface area (Å²) in [5.74, 6) is -1.00. The number of hydrogen-bond acceptors (Lipinski definition) is 2. The lowest BCUT2D eigenvalue weighted by atomic mass is 10.1. The molecule has 0 radical (unpaired) electrons. The van der Waals surface area contributed by atoms with Crippen molar-refractivity contribution < 1.29 is 27.1 Å². The van der Waals surface area contributed by atoms with Crippen molar-refractivity contribution in [3.05, 3.63) is 35.6 Å². The Morgan fingerprint density at radius 2 is 2.00 bits per heavy atom. The molecule has 6 heteroatoms. The monoisotopic (exact) mass is 264 g/mol. The predicted molar refractivity (Wildman–Crippen MR) is 56.8 cm³/mol. The first-order valence-electron chi connectivity index (χ1n) is 5.32. The highest BCUT2D eigenvalue weighted by atomic mass is 19.4. The molecule has 1 rings (SSSR count). The highest BCUT2D eigenvalue weighted by Gasteiger charge is 2.25. The minimum atomic E-state index is -4.21. The molecule has 1 aromatic carbocycles. The predicted octanol–water partition coefficient (Wildman–Crippen LogP) is 3.37. The Hall–Kier alpha value is -1.43. The van der Waals surface area contributed by atoms with E-state index in [1.54, 1.807) is 0 Å². The Kier molecular flexibility index (Phi) is 5.27. The average molecular weight is 264 g/mol. The largest absolute Gasteiger partial charge is 0.389 e. The van der Waals surface area contributed by atoms with Crippen molar-refractivity contribution in [2.75, 3.05) is 13.2 Å². The van der Waals surface area contributed by atoms with Crippen molar-refractivity contribution in [2.45, 2.75) is 19.0 Å². The van der Waals surface area contributed by atoms with Crippen LogP contribution in [0, 0.1) is 5.82 Å². The lowest BCUT2D eigenvalue weighted by Crippen LogP contribution is -2.12. The molecule has 2 nitrogen and oxygen atoms in total. The third-order valence-electron chi connectivity index (χ3n) is 2.13. The SMILES string of the molecule is O=C(COCCCC(F)(F)F)c1cccc(F)c1. The fraction of sp³-hybridized carbons (Fsp3) is 0.417. The van der Waals surface area contributed by atoms with Gasteiger partial charge in [-0.25, -0.2) is 4.39 Å². The van der Waals surface area contributed by atoms with Crippen molar-refractivity contribution in [2.24, 2.45) is 0 Å². The fourth-order valence-corrected chi connectivity index (χ4v) is 1.28. The Labute approximate surface area is 102 Å². The molecule has 0 heterocycles. The number of carbonyl (C=O) groups is 1. The molecule has 0 atom stereocenters. The molecule has 0 fully saturated rings. The van der Waals surface area contributed by atoms with Crippen LogP contribution in [0.4, 0.5) is 17.6 Å². The summed E-state index contributed by atoms with van der Waals surface area (Å²) in [6.07, 6.45) is -5.35. The van der Waals surface area contributed by atoms with Crippen LogP contribution in [0.2, 0.25) is 0 Å². The van der Waals surface area contributed by atoms with Gasteiger partial charge in [0.15, 0.2) is 5.78 Å². The van der Waals surface area contributed by atoms with Crippen LogP contribution in [0.1, 0.15) is 23.2 Å². The summed E-state index contributed by atoms with van der Waals surface area (Å²) in [4.78, 5) is 11.4. The zero-order chi connectivity index (χ0) is 13.6. The van der Waals surface area contributed by atoms with Crippen LogP contribution >= 0.6 is 0 Å². The summed E-state index contributed by atoms with van der Waals surface area (Å²) in [5, 5.41) is 0. The molecular formula is C12H12F4O2.